The predicted octanol–water partition coefficient (Wildman–Crippen LogP) is 3.73. The zero-order valence-corrected chi connectivity index (χ0v) is 9.97. The van der Waals surface area contributed by atoms with Crippen molar-refractivity contribution in [3.63, 3.8) is 0 Å². The second kappa shape index (κ2) is 6.24. The summed E-state index contributed by atoms with van der Waals surface area (Å²) in [5.41, 5.74) is 0.628. The van der Waals surface area contributed by atoms with Gasteiger partial charge in [0.15, 0.2) is 0 Å². The molecule has 0 N–H and O–H groups in total. The Balaban J connectivity index is 1.95. The molecule has 2 heteroatoms. The fourth-order valence-corrected chi connectivity index (χ4v) is 2.01. The van der Waals surface area contributed by atoms with Crippen molar-refractivity contribution >= 4 is 5.97 Å². The summed E-state index contributed by atoms with van der Waals surface area (Å²) >= 11 is 0. The fourth-order valence-electron chi connectivity index (χ4n) is 2.01. The Hall–Kier alpha value is -1.57. The highest BCUT2D eigenvalue weighted by atomic mass is 16.5. The van der Waals surface area contributed by atoms with Crippen LogP contribution in [-0.4, -0.2) is 12.1 Å². The molecule has 0 radical (unpaired) electrons. The average Bonchev–Trinajstić information content (AvgIpc) is 2.33. The van der Waals surface area contributed by atoms with E-state index in [0.717, 1.165) is 19.3 Å². The lowest BCUT2D eigenvalue weighted by atomic mass is 10.0. The van der Waals surface area contributed by atoms with Crippen LogP contribution >= 0.6 is 0 Å². The Bertz CT molecular complexity index is 381. The topological polar surface area (TPSA) is 26.3 Å². The molecule has 0 bridgehead atoms. The van der Waals surface area contributed by atoms with Crippen LogP contribution in [0.3, 0.4) is 0 Å². The molecule has 90 valence electrons. The monoisotopic (exact) mass is 230 g/mol. The van der Waals surface area contributed by atoms with Gasteiger partial charge in [-0.05, 0) is 43.9 Å². The number of rotatable bonds is 2. The number of allylic oxidation sites excluding steroid dienone is 1. The molecule has 0 saturated carbocycles. The highest BCUT2D eigenvalue weighted by Gasteiger charge is 2.13. The first-order valence-electron chi connectivity index (χ1n) is 6.29. The van der Waals surface area contributed by atoms with Gasteiger partial charge in [-0.2, -0.15) is 0 Å². The van der Waals surface area contributed by atoms with E-state index in [1.165, 1.54) is 12.8 Å². The van der Waals surface area contributed by atoms with Crippen LogP contribution in [0, 0.1) is 0 Å². The van der Waals surface area contributed by atoms with Crippen LogP contribution < -0.4 is 0 Å². The first-order valence-corrected chi connectivity index (χ1v) is 6.29. The second-order valence-electron chi connectivity index (χ2n) is 4.38. The number of benzene rings is 1. The summed E-state index contributed by atoms with van der Waals surface area (Å²) < 4.78 is 5.49. The van der Waals surface area contributed by atoms with E-state index in [9.17, 15) is 4.79 Å². The first kappa shape index (κ1) is 11.9. The molecule has 0 amide bonds. The fraction of sp³-hybridized carbons (Fsp3) is 0.400. The SMILES string of the molecule is O=C(O[C@@H]1/C=C/CCCCC1)c1ccccc1. The highest BCUT2D eigenvalue weighted by Crippen LogP contribution is 2.15. The van der Waals surface area contributed by atoms with Crippen molar-refractivity contribution < 1.29 is 9.53 Å². The van der Waals surface area contributed by atoms with Crippen LogP contribution in [0.25, 0.3) is 0 Å². The normalized spacial score (nSPS) is 22.2. The lowest BCUT2D eigenvalue weighted by Gasteiger charge is -2.16. The Morgan fingerprint density at radius 1 is 1.12 bits per heavy atom. The number of hydrogen-bond donors (Lipinski definition) is 0. The van der Waals surface area contributed by atoms with Crippen molar-refractivity contribution in [2.75, 3.05) is 0 Å². The summed E-state index contributed by atoms with van der Waals surface area (Å²) in [4.78, 5) is 11.9. The van der Waals surface area contributed by atoms with Gasteiger partial charge in [0.25, 0.3) is 0 Å². The van der Waals surface area contributed by atoms with E-state index in [1.54, 1.807) is 12.1 Å². The quantitative estimate of drug-likeness (QED) is 0.571. The summed E-state index contributed by atoms with van der Waals surface area (Å²) in [5.74, 6) is -0.221. The smallest absolute Gasteiger partial charge is 0.338 e. The van der Waals surface area contributed by atoms with Crippen LogP contribution in [0.4, 0.5) is 0 Å². The van der Waals surface area contributed by atoms with E-state index in [4.69, 9.17) is 4.74 Å². The standard InChI is InChI=1S/C15H18O2/c16-15(13-9-5-4-6-10-13)17-14-11-7-2-1-3-8-12-14/h4-7,9-11,14H,1-3,8,12H2/b11-7+/t14-/m1/s1. The van der Waals surface area contributed by atoms with E-state index in [2.05, 4.69) is 6.08 Å². The van der Waals surface area contributed by atoms with Crippen LogP contribution in [-0.2, 0) is 4.74 Å². The number of carbonyl (C=O) groups is 1. The van der Waals surface area contributed by atoms with Crippen molar-refractivity contribution in [2.45, 2.75) is 38.2 Å². The highest BCUT2D eigenvalue weighted by molar-refractivity contribution is 5.89. The number of esters is 1. The summed E-state index contributed by atoms with van der Waals surface area (Å²) in [6, 6.07) is 9.17. The van der Waals surface area contributed by atoms with Crippen LogP contribution in [0.1, 0.15) is 42.5 Å². The van der Waals surface area contributed by atoms with Crippen molar-refractivity contribution in [2.24, 2.45) is 0 Å². The maximum atomic E-state index is 11.9. The summed E-state index contributed by atoms with van der Waals surface area (Å²) in [6.07, 6.45) is 9.75. The summed E-state index contributed by atoms with van der Waals surface area (Å²) in [5, 5.41) is 0. The van der Waals surface area contributed by atoms with E-state index in [1.807, 2.05) is 24.3 Å². The molecule has 1 aliphatic carbocycles. The predicted molar refractivity (Wildman–Crippen MR) is 67.9 cm³/mol. The van der Waals surface area contributed by atoms with Gasteiger partial charge in [-0.1, -0.05) is 30.7 Å². The van der Waals surface area contributed by atoms with Crippen LogP contribution in [0.5, 0.6) is 0 Å². The van der Waals surface area contributed by atoms with E-state index in [-0.39, 0.29) is 12.1 Å². The molecule has 1 atom stereocenters. The zero-order chi connectivity index (χ0) is 11.9. The van der Waals surface area contributed by atoms with Gasteiger partial charge in [0.1, 0.15) is 6.10 Å². The molecule has 0 fully saturated rings. The molecule has 1 aromatic rings. The molecular formula is C15H18O2. The number of carbonyl (C=O) groups excluding carboxylic acids is 1. The van der Waals surface area contributed by atoms with Gasteiger partial charge in [0, 0.05) is 0 Å². The third kappa shape index (κ3) is 3.74. The van der Waals surface area contributed by atoms with Gasteiger partial charge in [-0.25, -0.2) is 4.79 Å². The van der Waals surface area contributed by atoms with E-state index in [0.29, 0.717) is 5.56 Å². The molecule has 0 aliphatic heterocycles. The van der Waals surface area contributed by atoms with Crippen LogP contribution in [0.15, 0.2) is 42.5 Å². The average molecular weight is 230 g/mol. The van der Waals surface area contributed by atoms with Gasteiger partial charge < -0.3 is 4.74 Å². The largest absolute Gasteiger partial charge is 0.455 e. The van der Waals surface area contributed by atoms with Crippen molar-refractivity contribution in [3.05, 3.63) is 48.0 Å². The van der Waals surface area contributed by atoms with Gasteiger partial charge in [-0.3, -0.25) is 0 Å². The Labute approximate surface area is 102 Å². The Morgan fingerprint density at radius 3 is 2.76 bits per heavy atom. The minimum absolute atomic E-state index is 0.0528. The third-order valence-corrected chi connectivity index (χ3v) is 2.98. The maximum absolute atomic E-state index is 11.9. The Kier molecular flexibility index (Phi) is 4.37. The van der Waals surface area contributed by atoms with Gasteiger partial charge in [0.2, 0.25) is 0 Å². The molecule has 2 rings (SSSR count). The van der Waals surface area contributed by atoms with E-state index >= 15 is 0 Å². The number of hydrogen-bond acceptors (Lipinski definition) is 2. The van der Waals surface area contributed by atoms with Gasteiger partial charge in [-0.15, -0.1) is 0 Å². The zero-order valence-electron chi connectivity index (χ0n) is 9.97. The molecule has 0 spiro atoms. The number of ether oxygens (including phenoxy) is 1. The lowest BCUT2D eigenvalue weighted by Crippen LogP contribution is -2.16. The molecule has 2 nitrogen and oxygen atoms in total. The van der Waals surface area contributed by atoms with Crippen LogP contribution in [0.2, 0.25) is 0 Å². The molecule has 0 saturated heterocycles. The van der Waals surface area contributed by atoms with E-state index < -0.39 is 0 Å². The summed E-state index contributed by atoms with van der Waals surface area (Å²) in [7, 11) is 0. The second-order valence-corrected chi connectivity index (χ2v) is 4.38. The Morgan fingerprint density at radius 2 is 1.94 bits per heavy atom. The minimum Gasteiger partial charge on any atom is -0.455 e. The maximum Gasteiger partial charge on any atom is 0.338 e. The van der Waals surface area contributed by atoms with Crippen molar-refractivity contribution in [3.8, 4) is 0 Å². The molecule has 1 aliphatic rings. The molecule has 17 heavy (non-hydrogen) atoms. The van der Waals surface area contributed by atoms with Crippen molar-refractivity contribution in [1.82, 2.24) is 0 Å². The molecule has 1 aromatic carbocycles. The molecule has 0 heterocycles. The van der Waals surface area contributed by atoms with Gasteiger partial charge in [0.05, 0.1) is 5.56 Å². The first-order chi connectivity index (χ1) is 8.36. The minimum atomic E-state index is -0.221. The van der Waals surface area contributed by atoms with Crippen molar-refractivity contribution in [1.29, 1.82) is 0 Å². The molecular weight excluding hydrogens is 212 g/mol. The third-order valence-electron chi connectivity index (χ3n) is 2.98. The van der Waals surface area contributed by atoms with Gasteiger partial charge >= 0.3 is 5.97 Å². The summed E-state index contributed by atoms with van der Waals surface area (Å²) in [6.45, 7) is 0. The molecule has 0 aromatic heterocycles. The lowest BCUT2D eigenvalue weighted by molar-refractivity contribution is 0.0374. The molecule has 0 unspecified atom stereocenters.